The van der Waals surface area contributed by atoms with Crippen LogP contribution in [-0.2, 0) is 14.3 Å². The number of hydrogen-bond donors (Lipinski definition) is 0. The summed E-state index contributed by atoms with van der Waals surface area (Å²) in [7, 11) is 1.49. The highest BCUT2D eigenvalue weighted by atomic mass is 16.5. The van der Waals surface area contributed by atoms with E-state index >= 15 is 0 Å². The first-order valence-electron chi connectivity index (χ1n) is 2.84. The molecule has 1 aliphatic rings. The fourth-order valence-electron chi connectivity index (χ4n) is 0.810. The number of methoxy groups -OCH3 is 1. The van der Waals surface area contributed by atoms with Gasteiger partial charge in [-0.2, -0.15) is 0 Å². The number of rotatable bonds is 2. The molecule has 0 spiro atoms. The van der Waals surface area contributed by atoms with Crippen molar-refractivity contribution in [1.29, 1.82) is 0 Å². The van der Waals surface area contributed by atoms with Gasteiger partial charge in [-0.05, 0) is 0 Å². The number of nitrogens with zero attached hydrogens (tertiary/aromatic N) is 1. The molecule has 1 aliphatic heterocycles. The van der Waals surface area contributed by atoms with E-state index in [1.165, 1.54) is 18.0 Å². The zero-order valence-electron chi connectivity index (χ0n) is 5.53. The van der Waals surface area contributed by atoms with Crippen LogP contribution in [0.4, 0.5) is 0 Å². The molecule has 4 nitrogen and oxygen atoms in total. The van der Waals surface area contributed by atoms with E-state index in [-0.39, 0.29) is 12.1 Å². The summed E-state index contributed by atoms with van der Waals surface area (Å²) < 4.78 is 4.82. The molecule has 10 heavy (non-hydrogen) atoms. The Kier molecular flexibility index (Phi) is 1.85. The summed E-state index contributed by atoms with van der Waals surface area (Å²) in [6, 6.07) is 0. The first-order valence-corrected chi connectivity index (χ1v) is 2.84. The van der Waals surface area contributed by atoms with Gasteiger partial charge < -0.3 is 4.74 Å². The predicted octanol–water partition coefficient (Wildman–Crippen LogP) is -0.464. The van der Waals surface area contributed by atoms with Gasteiger partial charge in [-0.15, -0.1) is 0 Å². The first-order chi connectivity index (χ1) is 4.79. The van der Waals surface area contributed by atoms with Crippen molar-refractivity contribution in [3.8, 4) is 0 Å². The topological polar surface area (TPSA) is 46.6 Å². The molecule has 1 fully saturated rings. The van der Waals surface area contributed by atoms with Crippen LogP contribution in [0.3, 0.4) is 0 Å². The summed E-state index contributed by atoms with van der Waals surface area (Å²) in [5.41, 5.74) is 0. The maximum Gasteiger partial charge on any atom is 0.233 e. The summed E-state index contributed by atoms with van der Waals surface area (Å²) in [6.07, 6.45) is 1.16. The van der Waals surface area contributed by atoms with Crippen molar-refractivity contribution in [2.75, 3.05) is 7.11 Å². The van der Waals surface area contributed by atoms with Crippen molar-refractivity contribution in [2.45, 2.75) is 12.6 Å². The van der Waals surface area contributed by atoms with Crippen molar-refractivity contribution >= 4 is 11.8 Å². The minimum atomic E-state index is -0.256. The number of ether oxygens (including phenoxy) is 1. The molecule has 1 saturated heterocycles. The van der Waals surface area contributed by atoms with Gasteiger partial charge in [0.05, 0.1) is 12.6 Å². The molecule has 0 aromatic carbocycles. The fourth-order valence-corrected chi connectivity index (χ4v) is 0.810. The second-order valence-corrected chi connectivity index (χ2v) is 1.94. The van der Waals surface area contributed by atoms with Crippen LogP contribution in [0.5, 0.6) is 0 Å². The van der Waals surface area contributed by atoms with Gasteiger partial charge >= 0.3 is 0 Å². The largest absolute Gasteiger partial charge is 0.361 e. The van der Waals surface area contributed by atoms with E-state index in [1.807, 2.05) is 0 Å². The van der Waals surface area contributed by atoms with E-state index in [0.717, 1.165) is 6.20 Å². The second-order valence-electron chi connectivity index (χ2n) is 1.94. The third-order valence-electron chi connectivity index (χ3n) is 1.41. The lowest BCUT2D eigenvalue weighted by molar-refractivity contribution is -0.160. The van der Waals surface area contributed by atoms with Gasteiger partial charge in [-0.3, -0.25) is 9.69 Å². The minimum Gasteiger partial charge on any atom is -0.361 e. The molecular formula is C6H7NO3. The molecule has 0 bridgehead atoms. The van der Waals surface area contributed by atoms with Crippen LogP contribution < -0.4 is 0 Å². The number of likely N-dealkylation sites (tertiary alicyclic amines) is 1. The third-order valence-corrected chi connectivity index (χ3v) is 1.41. The van der Waals surface area contributed by atoms with Crippen molar-refractivity contribution in [3.05, 3.63) is 6.20 Å². The van der Waals surface area contributed by atoms with Gasteiger partial charge in [0.25, 0.3) is 0 Å². The van der Waals surface area contributed by atoms with Crippen LogP contribution in [0.25, 0.3) is 0 Å². The molecule has 1 atom stereocenters. The van der Waals surface area contributed by atoms with E-state index in [9.17, 15) is 9.59 Å². The molecule has 0 aromatic rings. The Morgan fingerprint density at radius 1 is 1.90 bits per heavy atom. The molecule has 0 radical (unpaired) electrons. The smallest absolute Gasteiger partial charge is 0.233 e. The van der Waals surface area contributed by atoms with E-state index < -0.39 is 0 Å². The summed E-state index contributed by atoms with van der Waals surface area (Å²) in [5.74, 6) is 1.41. The summed E-state index contributed by atoms with van der Waals surface area (Å²) in [4.78, 5) is 21.6. The van der Waals surface area contributed by atoms with Crippen LogP contribution in [0.2, 0.25) is 0 Å². The number of amides is 1. The normalized spacial score (nSPS) is 23.5. The lowest BCUT2D eigenvalue weighted by atomic mass is 10.2. The predicted molar refractivity (Wildman–Crippen MR) is 32.5 cm³/mol. The standard InChI is InChI=1S/C6H7NO3/c1-10-6-4-5(9)7(6)2-3-8/h2,6H,4H2,1H3/t6-/m0/s1. The Bertz CT molecular complexity index is 193. The highest BCUT2D eigenvalue weighted by Gasteiger charge is 2.34. The molecule has 0 saturated carbocycles. The van der Waals surface area contributed by atoms with Gasteiger partial charge in [-0.25, -0.2) is 4.79 Å². The Morgan fingerprint density at radius 3 is 3.00 bits per heavy atom. The van der Waals surface area contributed by atoms with E-state index in [4.69, 9.17) is 4.74 Å². The number of carbonyl (C=O) groups is 1. The molecular weight excluding hydrogens is 134 g/mol. The van der Waals surface area contributed by atoms with Crippen LogP contribution in [0.1, 0.15) is 6.42 Å². The molecule has 1 heterocycles. The number of β-lactam (4-membered cyclic amide) rings is 1. The van der Waals surface area contributed by atoms with Gasteiger partial charge in [0.1, 0.15) is 12.2 Å². The Balaban J connectivity index is 2.55. The zero-order chi connectivity index (χ0) is 7.56. The Labute approximate surface area is 58.1 Å². The average molecular weight is 141 g/mol. The van der Waals surface area contributed by atoms with Gasteiger partial charge in [-0.1, -0.05) is 0 Å². The molecule has 54 valence electrons. The van der Waals surface area contributed by atoms with Gasteiger partial charge in [0.15, 0.2) is 0 Å². The van der Waals surface area contributed by atoms with E-state index in [1.54, 1.807) is 0 Å². The third kappa shape index (κ3) is 0.943. The lowest BCUT2D eigenvalue weighted by Gasteiger charge is -2.34. The lowest BCUT2D eigenvalue weighted by Crippen LogP contribution is -2.50. The van der Waals surface area contributed by atoms with Crippen molar-refractivity contribution in [3.63, 3.8) is 0 Å². The van der Waals surface area contributed by atoms with Crippen molar-refractivity contribution in [2.24, 2.45) is 0 Å². The molecule has 0 N–H and O–H groups in total. The highest BCUT2D eigenvalue weighted by Crippen LogP contribution is 2.18. The molecule has 0 aliphatic carbocycles. The van der Waals surface area contributed by atoms with Gasteiger partial charge in [0, 0.05) is 7.11 Å². The highest BCUT2D eigenvalue weighted by molar-refractivity contribution is 5.84. The minimum absolute atomic E-state index is 0.102. The molecule has 1 amide bonds. The first kappa shape index (κ1) is 6.99. The van der Waals surface area contributed by atoms with Crippen molar-refractivity contribution < 1.29 is 14.3 Å². The quantitative estimate of drug-likeness (QED) is 0.386. The fraction of sp³-hybridized carbons (Fsp3) is 0.500. The van der Waals surface area contributed by atoms with E-state index in [2.05, 4.69) is 0 Å². The summed E-state index contributed by atoms with van der Waals surface area (Å²) >= 11 is 0. The van der Waals surface area contributed by atoms with Crippen LogP contribution >= 0.6 is 0 Å². The molecule has 0 unspecified atom stereocenters. The average Bonchev–Trinajstić information content (AvgIpc) is 1.95. The Hall–Kier alpha value is -1.12. The summed E-state index contributed by atoms with van der Waals surface area (Å²) in [6.45, 7) is 0. The van der Waals surface area contributed by atoms with Crippen molar-refractivity contribution in [1.82, 2.24) is 4.90 Å². The van der Waals surface area contributed by atoms with Crippen LogP contribution in [0.15, 0.2) is 6.20 Å². The summed E-state index contributed by atoms with van der Waals surface area (Å²) in [5, 5.41) is 0. The van der Waals surface area contributed by atoms with E-state index in [0.29, 0.717) is 6.42 Å². The molecule has 1 rings (SSSR count). The van der Waals surface area contributed by atoms with Crippen LogP contribution in [-0.4, -0.2) is 30.1 Å². The van der Waals surface area contributed by atoms with Gasteiger partial charge in [0.2, 0.25) is 5.91 Å². The SMILES string of the molecule is CO[C@H]1CC(=O)N1C=C=O. The Morgan fingerprint density at radius 2 is 2.60 bits per heavy atom. The number of carbonyl (C=O) groups excluding carboxylic acids is 2. The second kappa shape index (κ2) is 2.64. The maximum absolute atomic E-state index is 10.6. The maximum atomic E-state index is 10.6. The monoisotopic (exact) mass is 141 g/mol. The molecule has 0 aromatic heterocycles. The van der Waals surface area contributed by atoms with Crippen LogP contribution in [0, 0.1) is 0 Å². The zero-order valence-corrected chi connectivity index (χ0v) is 5.53. The molecule has 4 heteroatoms. The number of hydrogen-bond acceptors (Lipinski definition) is 3.